The Labute approximate surface area is 118 Å². The number of nitrogen functional groups attached to an aromatic ring is 1. The van der Waals surface area contributed by atoms with Crippen LogP contribution in [0.3, 0.4) is 0 Å². The maximum absolute atomic E-state index is 13.8. The highest BCUT2D eigenvalue weighted by Crippen LogP contribution is 2.21. The lowest BCUT2D eigenvalue weighted by atomic mass is 10.1. The van der Waals surface area contributed by atoms with Crippen LogP contribution in [-0.2, 0) is 0 Å². The van der Waals surface area contributed by atoms with Crippen molar-refractivity contribution < 1.29 is 9.18 Å². The van der Waals surface area contributed by atoms with Gasteiger partial charge in [0.15, 0.2) is 0 Å². The van der Waals surface area contributed by atoms with E-state index in [2.05, 4.69) is 21.2 Å². The van der Waals surface area contributed by atoms with Gasteiger partial charge in [0.1, 0.15) is 5.82 Å². The van der Waals surface area contributed by atoms with Crippen LogP contribution >= 0.6 is 15.9 Å². The maximum Gasteiger partial charge on any atom is 0.258 e. The van der Waals surface area contributed by atoms with Crippen molar-refractivity contribution in [3.05, 3.63) is 57.8 Å². The molecule has 3 nitrogen and oxygen atoms in total. The molecule has 0 unspecified atom stereocenters. The van der Waals surface area contributed by atoms with Gasteiger partial charge in [0, 0.05) is 11.4 Å². The van der Waals surface area contributed by atoms with Crippen molar-refractivity contribution in [2.75, 3.05) is 11.1 Å². The van der Waals surface area contributed by atoms with Gasteiger partial charge in [-0.05, 0) is 52.7 Å². The Balaban J connectivity index is 2.26. The number of rotatable bonds is 2. The van der Waals surface area contributed by atoms with E-state index in [0.29, 0.717) is 11.4 Å². The summed E-state index contributed by atoms with van der Waals surface area (Å²) < 4.78 is 14.0. The second-order valence-corrected chi connectivity index (χ2v) is 4.98. The highest BCUT2D eigenvalue weighted by atomic mass is 79.9. The normalized spacial score (nSPS) is 10.3. The number of halogens is 2. The zero-order valence-electron chi connectivity index (χ0n) is 10.2. The summed E-state index contributed by atoms with van der Waals surface area (Å²) in [6, 6.07) is 9.72. The van der Waals surface area contributed by atoms with Crippen molar-refractivity contribution in [2.45, 2.75) is 6.92 Å². The van der Waals surface area contributed by atoms with Gasteiger partial charge in [0.2, 0.25) is 0 Å². The minimum absolute atomic E-state index is 0.0199. The largest absolute Gasteiger partial charge is 0.398 e. The van der Waals surface area contributed by atoms with E-state index in [-0.39, 0.29) is 10.0 Å². The van der Waals surface area contributed by atoms with Crippen LogP contribution in [0.1, 0.15) is 15.9 Å². The van der Waals surface area contributed by atoms with Crippen LogP contribution in [0, 0.1) is 12.7 Å². The minimum Gasteiger partial charge on any atom is -0.398 e. The third-order valence-electron chi connectivity index (χ3n) is 2.73. The molecule has 0 saturated carbocycles. The van der Waals surface area contributed by atoms with Crippen LogP contribution in [-0.4, -0.2) is 5.91 Å². The predicted molar refractivity (Wildman–Crippen MR) is 77.6 cm³/mol. The molecular weight excluding hydrogens is 311 g/mol. The van der Waals surface area contributed by atoms with E-state index in [1.807, 2.05) is 6.92 Å². The van der Waals surface area contributed by atoms with E-state index in [1.54, 1.807) is 24.3 Å². The molecule has 19 heavy (non-hydrogen) atoms. The minimum atomic E-state index is -0.583. The lowest BCUT2D eigenvalue weighted by Gasteiger charge is -2.08. The molecule has 2 rings (SSSR count). The van der Waals surface area contributed by atoms with Crippen molar-refractivity contribution in [3.63, 3.8) is 0 Å². The first-order valence-electron chi connectivity index (χ1n) is 5.60. The smallest absolute Gasteiger partial charge is 0.258 e. The number of hydrogen-bond donors (Lipinski definition) is 2. The zero-order valence-corrected chi connectivity index (χ0v) is 11.8. The van der Waals surface area contributed by atoms with Crippen LogP contribution in [0.4, 0.5) is 15.8 Å². The van der Waals surface area contributed by atoms with Crippen LogP contribution in [0.2, 0.25) is 0 Å². The number of benzene rings is 2. The van der Waals surface area contributed by atoms with E-state index in [1.165, 1.54) is 12.1 Å². The number of nitrogens with two attached hydrogens (primary N) is 1. The number of carbonyl (C=O) groups is 1. The molecule has 98 valence electrons. The molecule has 5 heteroatoms. The molecule has 0 aliphatic carbocycles. The van der Waals surface area contributed by atoms with E-state index < -0.39 is 11.7 Å². The fourth-order valence-electron chi connectivity index (χ4n) is 1.60. The number of carbonyl (C=O) groups excluding carboxylic acids is 1. The third-order valence-corrected chi connectivity index (χ3v) is 3.35. The quantitative estimate of drug-likeness (QED) is 0.828. The number of nitrogens with one attached hydrogen (secondary N) is 1. The second-order valence-electron chi connectivity index (χ2n) is 4.13. The lowest BCUT2D eigenvalue weighted by molar-refractivity contribution is 0.102. The Morgan fingerprint density at radius 3 is 2.74 bits per heavy atom. The number of hydrogen-bond acceptors (Lipinski definition) is 2. The standard InChI is InChI=1S/C14H12BrFN2O/c1-8-5-6-9(7-12(8)17)18-14(19)10-3-2-4-11(15)13(10)16/h2-7H,17H2,1H3,(H,18,19). The molecule has 0 bridgehead atoms. The highest BCUT2D eigenvalue weighted by Gasteiger charge is 2.14. The Morgan fingerprint density at radius 2 is 2.05 bits per heavy atom. The summed E-state index contributed by atoms with van der Waals surface area (Å²) in [5.41, 5.74) is 7.77. The summed E-state index contributed by atoms with van der Waals surface area (Å²) in [6.45, 7) is 1.87. The Hall–Kier alpha value is -1.88. The van der Waals surface area contributed by atoms with Gasteiger partial charge >= 0.3 is 0 Å². The molecular formula is C14H12BrFN2O. The molecule has 0 aromatic heterocycles. The molecule has 0 fully saturated rings. The molecule has 0 saturated heterocycles. The first-order chi connectivity index (χ1) is 8.99. The van der Waals surface area contributed by atoms with Gasteiger partial charge in [-0.25, -0.2) is 4.39 Å². The molecule has 2 aromatic rings. The average Bonchev–Trinajstić information content (AvgIpc) is 2.37. The van der Waals surface area contributed by atoms with Crippen LogP contribution < -0.4 is 11.1 Å². The molecule has 0 atom stereocenters. The molecule has 0 radical (unpaired) electrons. The van der Waals surface area contributed by atoms with Gasteiger partial charge in [-0.1, -0.05) is 12.1 Å². The molecule has 1 amide bonds. The molecule has 0 aliphatic rings. The number of amides is 1. The van der Waals surface area contributed by atoms with Crippen LogP contribution in [0.15, 0.2) is 40.9 Å². The SMILES string of the molecule is Cc1ccc(NC(=O)c2cccc(Br)c2F)cc1N. The summed E-state index contributed by atoms with van der Waals surface area (Å²) in [6.07, 6.45) is 0. The topological polar surface area (TPSA) is 55.1 Å². The Bertz CT molecular complexity index is 643. The van der Waals surface area contributed by atoms with Crippen molar-refractivity contribution in [3.8, 4) is 0 Å². The Kier molecular flexibility index (Phi) is 3.85. The molecule has 0 heterocycles. The fraction of sp³-hybridized carbons (Fsp3) is 0.0714. The first-order valence-corrected chi connectivity index (χ1v) is 6.40. The average molecular weight is 323 g/mol. The summed E-state index contributed by atoms with van der Waals surface area (Å²) in [4.78, 5) is 12.0. The third kappa shape index (κ3) is 2.93. The lowest BCUT2D eigenvalue weighted by Crippen LogP contribution is -2.14. The van der Waals surface area contributed by atoms with Crippen LogP contribution in [0.5, 0.6) is 0 Å². The van der Waals surface area contributed by atoms with Gasteiger partial charge in [0.25, 0.3) is 5.91 Å². The van der Waals surface area contributed by atoms with Gasteiger partial charge in [-0.15, -0.1) is 0 Å². The summed E-state index contributed by atoms with van der Waals surface area (Å²) in [7, 11) is 0. The van der Waals surface area contributed by atoms with E-state index in [0.717, 1.165) is 5.56 Å². The summed E-state index contributed by atoms with van der Waals surface area (Å²) >= 11 is 3.05. The summed E-state index contributed by atoms with van der Waals surface area (Å²) in [5.74, 6) is -1.10. The highest BCUT2D eigenvalue weighted by molar-refractivity contribution is 9.10. The fourth-order valence-corrected chi connectivity index (χ4v) is 1.96. The van der Waals surface area contributed by atoms with E-state index >= 15 is 0 Å². The maximum atomic E-state index is 13.8. The van der Waals surface area contributed by atoms with E-state index in [9.17, 15) is 9.18 Å². The van der Waals surface area contributed by atoms with Crippen molar-refractivity contribution in [1.29, 1.82) is 0 Å². The van der Waals surface area contributed by atoms with Crippen molar-refractivity contribution >= 4 is 33.2 Å². The van der Waals surface area contributed by atoms with Gasteiger partial charge < -0.3 is 11.1 Å². The zero-order chi connectivity index (χ0) is 14.0. The van der Waals surface area contributed by atoms with E-state index in [4.69, 9.17) is 5.73 Å². The molecule has 3 N–H and O–H groups in total. The molecule has 0 aliphatic heterocycles. The second kappa shape index (κ2) is 5.40. The molecule has 2 aromatic carbocycles. The summed E-state index contributed by atoms with van der Waals surface area (Å²) in [5, 5.41) is 2.61. The van der Waals surface area contributed by atoms with Gasteiger partial charge in [-0.3, -0.25) is 4.79 Å². The number of aryl methyl sites for hydroxylation is 1. The Morgan fingerprint density at radius 1 is 1.32 bits per heavy atom. The van der Waals surface area contributed by atoms with Gasteiger partial charge in [0.05, 0.1) is 10.0 Å². The molecule has 0 spiro atoms. The first kappa shape index (κ1) is 13.5. The number of anilines is 2. The van der Waals surface area contributed by atoms with Crippen molar-refractivity contribution in [2.24, 2.45) is 0 Å². The van der Waals surface area contributed by atoms with Crippen molar-refractivity contribution in [1.82, 2.24) is 0 Å². The van der Waals surface area contributed by atoms with Crippen LogP contribution in [0.25, 0.3) is 0 Å². The van der Waals surface area contributed by atoms with Gasteiger partial charge in [-0.2, -0.15) is 0 Å². The monoisotopic (exact) mass is 322 g/mol. The predicted octanol–water partition coefficient (Wildman–Crippen LogP) is 3.73.